The second-order valence-electron chi connectivity index (χ2n) is 7.59. The summed E-state index contributed by atoms with van der Waals surface area (Å²) in [6.07, 6.45) is 2.58. The Bertz CT molecular complexity index is 1340. The summed E-state index contributed by atoms with van der Waals surface area (Å²) < 4.78 is 6.04. The number of fused-ring (bicyclic) bond motifs is 2. The highest BCUT2D eigenvalue weighted by molar-refractivity contribution is 7.13. The summed E-state index contributed by atoms with van der Waals surface area (Å²) in [4.78, 5) is 32.9. The van der Waals surface area contributed by atoms with Crippen LogP contribution in [-0.4, -0.2) is 10.9 Å². The van der Waals surface area contributed by atoms with Gasteiger partial charge in [-0.3, -0.25) is 14.5 Å². The molecule has 0 fully saturated rings. The fourth-order valence-electron chi connectivity index (χ4n) is 4.01. The van der Waals surface area contributed by atoms with E-state index >= 15 is 0 Å². The first-order valence-electron chi connectivity index (χ1n) is 9.89. The molecular weight excluding hydrogens is 396 g/mol. The molecule has 4 aromatic rings. The predicted molar refractivity (Wildman–Crippen MR) is 119 cm³/mol. The molecule has 2 aromatic heterocycles. The summed E-state index contributed by atoms with van der Waals surface area (Å²) >= 11 is 1.37. The van der Waals surface area contributed by atoms with E-state index in [0.717, 1.165) is 23.1 Å². The van der Waals surface area contributed by atoms with Crippen molar-refractivity contribution in [3.8, 4) is 0 Å². The van der Waals surface area contributed by atoms with Crippen LogP contribution < -0.4 is 10.3 Å². The summed E-state index contributed by atoms with van der Waals surface area (Å²) in [6, 6.07) is 11.2. The lowest BCUT2D eigenvalue weighted by Gasteiger charge is -2.22. The molecule has 2 aromatic carbocycles. The van der Waals surface area contributed by atoms with Gasteiger partial charge in [-0.25, -0.2) is 4.98 Å². The maximum absolute atomic E-state index is 13.6. The number of carbonyl (C=O) groups is 1. The second kappa shape index (κ2) is 6.92. The van der Waals surface area contributed by atoms with Gasteiger partial charge in [-0.15, -0.1) is 11.3 Å². The summed E-state index contributed by atoms with van der Waals surface area (Å²) in [5.74, 6) is -0.225. The number of amides is 1. The quantitative estimate of drug-likeness (QED) is 0.462. The minimum atomic E-state index is -0.563. The molecule has 6 heteroatoms. The smallest absolute Gasteiger partial charge is 0.297 e. The van der Waals surface area contributed by atoms with Crippen LogP contribution in [-0.2, 0) is 6.42 Å². The van der Waals surface area contributed by atoms with Gasteiger partial charge in [0.2, 0.25) is 5.76 Å². The SMILES string of the molecule is CCc1ccc([C@H]2c3c(oc4cc(C)c(C)cc4c3=O)C(=O)N2c2nccs2)cc1. The molecule has 1 aliphatic rings. The van der Waals surface area contributed by atoms with Crippen molar-refractivity contribution in [3.05, 3.63) is 91.8 Å². The highest BCUT2D eigenvalue weighted by atomic mass is 32.1. The molecule has 5 rings (SSSR count). The molecule has 1 atom stereocenters. The molecular formula is C24H20N2O3S. The summed E-state index contributed by atoms with van der Waals surface area (Å²) in [5.41, 5.74) is 4.75. The summed E-state index contributed by atoms with van der Waals surface area (Å²) in [7, 11) is 0. The number of benzene rings is 2. The van der Waals surface area contributed by atoms with E-state index in [1.54, 1.807) is 11.1 Å². The third kappa shape index (κ3) is 2.71. The molecule has 1 aliphatic heterocycles. The Labute approximate surface area is 177 Å². The number of anilines is 1. The number of nitrogens with zero attached hydrogens (tertiary/aromatic N) is 2. The maximum Gasteiger partial charge on any atom is 0.297 e. The number of carbonyl (C=O) groups excluding carboxylic acids is 1. The Balaban J connectivity index is 1.81. The lowest BCUT2D eigenvalue weighted by atomic mass is 9.96. The van der Waals surface area contributed by atoms with E-state index in [1.165, 1.54) is 16.9 Å². The molecule has 0 aliphatic carbocycles. The van der Waals surface area contributed by atoms with Crippen LogP contribution >= 0.6 is 11.3 Å². The molecule has 0 N–H and O–H groups in total. The van der Waals surface area contributed by atoms with E-state index in [2.05, 4.69) is 11.9 Å². The number of rotatable bonds is 3. The first-order chi connectivity index (χ1) is 14.5. The maximum atomic E-state index is 13.6. The van der Waals surface area contributed by atoms with E-state index in [4.69, 9.17) is 4.42 Å². The number of hydrogen-bond acceptors (Lipinski definition) is 5. The van der Waals surface area contributed by atoms with Gasteiger partial charge >= 0.3 is 0 Å². The van der Waals surface area contributed by atoms with Gasteiger partial charge in [0.25, 0.3) is 5.91 Å². The van der Waals surface area contributed by atoms with Crippen molar-refractivity contribution in [3.63, 3.8) is 0 Å². The van der Waals surface area contributed by atoms with Gasteiger partial charge in [0.15, 0.2) is 10.6 Å². The minimum Gasteiger partial charge on any atom is -0.450 e. The molecule has 0 bridgehead atoms. The van der Waals surface area contributed by atoms with Crippen LogP contribution in [0.5, 0.6) is 0 Å². The van der Waals surface area contributed by atoms with Crippen LogP contribution in [0.25, 0.3) is 11.0 Å². The topological polar surface area (TPSA) is 63.4 Å². The Morgan fingerprint density at radius 1 is 1.10 bits per heavy atom. The molecule has 1 amide bonds. The van der Waals surface area contributed by atoms with Crippen molar-refractivity contribution in [2.24, 2.45) is 0 Å². The molecule has 30 heavy (non-hydrogen) atoms. The van der Waals surface area contributed by atoms with Gasteiger partial charge in [0.1, 0.15) is 5.58 Å². The molecule has 0 unspecified atom stereocenters. The van der Waals surface area contributed by atoms with E-state index < -0.39 is 6.04 Å². The van der Waals surface area contributed by atoms with Crippen LogP contribution in [0.2, 0.25) is 0 Å². The standard InChI is InChI=1S/C24H20N2O3S/c1-4-15-5-7-16(8-6-15)20-19-21(27)17-11-13(2)14(3)12-18(17)29-22(19)23(28)26(20)24-25-9-10-30-24/h5-12,20H,4H2,1-3H3/t20-/m0/s1. The molecule has 0 saturated carbocycles. The van der Waals surface area contributed by atoms with Crippen molar-refractivity contribution in [2.75, 3.05) is 4.90 Å². The molecule has 150 valence electrons. The van der Waals surface area contributed by atoms with Crippen LogP contribution in [0.3, 0.4) is 0 Å². The first kappa shape index (κ1) is 18.8. The Kier molecular flexibility index (Phi) is 4.33. The number of thiazole rings is 1. The summed E-state index contributed by atoms with van der Waals surface area (Å²) in [5, 5.41) is 2.87. The van der Waals surface area contributed by atoms with Gasteiger partial charge in [0.05, 0.1) is 17.0 Å². The van der Waals surface area contributed by atoms with Crippen molar-refractivity contribution >= 4 is 33.3 Å². The second-order valence-corrected chi connectivity index (χ2v) is 8.47. The zero-order valence-electron chi connectivity index (χ0n) is 16.9. The lowest BCUT2D eigenvalue weighted by Crippen LogP contribution is -2.29. The van der Waals surface area contributed by atoms with Crippen LogP contribution in [0.4, 0.5) is 5.13 Å². The Morgan fingerprint density at radius 2 is 1.83 bits per heavy atom. The van der Waals surface area contributed by atoms with Gasteiger partial charge in [-0.2, -0.15) is 0 Å². The zero-order valence-corrected chi connectivity index (χ0v) is 17.7. The van der Waals surface area contributed by atoms with Crippen molar-refractivity contribution in [2.45, 2.75) is 33.2 Å². The van der Waals surface area contributed by atoms with Crippen LogP contribution in [0.1, 0.15) is 51.3 Å². The summed E-state index contributed by atoms with van der Waals surface area (Å²) in [6.45, 7) is 6.02. The first-order valence-corrected chi connectivity index (χ1v) is 10.8. The molecule has 0 radical (unpaired) electrons. The van der Waals surface area contributed by atoms with Gasteiger partial charge in [-0.1, -0.05) is 31.2 Å². The Morgan fingerprint density at radius 3 is 2.50 bits per heavy atom. The van der Waals surface area contributed by atoms with Gasteiger partial charge < -0.3 is 4.42 Å². The van der Waals surface area contributed by atoms with Crippen molar-refractivity contribution in [1.82, 2.24) is 4.98 Å². The average molecular weight is 417 g/mol. The number of aryl methyl sites for hydroxylation is 3. The van der Waals surface area contributed by atoms with E-state index in [9.17, 15) is 9.59 Å². The number of aromatic nitrogens is 1. The molecule has 0 spiro atoms. The minimum absolute atomic E-state index is 0.107. The van der Waals surface area contributed by atoms with Gasteiger partial charge in [0, 0.05) is 11.6 Å². The van der Waals surface area contributed by atoms with Crippen LogP contribution in [0, 0.1) is 13.8 Å². The normalized spacial score (nSPS) is 15.8. The highest BCUT2D eigenvalue weighted by Crippen LogP contribution is 2.42. The predicted octanol–water partition coefficient (Wildman–Crippen LogP) is 5.18. The molecule has 3 heterocycles. The van der Waals surface area contributed by atoms with E-state index in [1.807, 2.05) is 55.6 Å². The third-order valence-corrected chi connectivity index (χ3v) is 6.59. The molecule has 5 nitrogen and oxygen atoms in total. The van der Waals surface area contributed by atoms with Gasteiger partial charge in [-0.05, 0) is 54.7 Å². The number of hydrogen-bond donors (Lipinski definition) is 0. The van der Waals surface area contributed by atoms with E-state index in [-0.39, 0.29) is 17.1 Å². The highest BCUT2D eigenvalue weighted by Gasteiger charge is 2.44. The monoisotopic (exact) mass is 416 g/mol. The fraction of sp³-hybridized carbons (Fsp3) is 0.208. The van der Waals surface area contributed by atoms with E-state index in [0.29, 0.717) is 21.7 Å². The zero-order chi connectivity index (χ0) is 21.0. The third-order valence-electron chi connectivity index (χ3n) is 5.82. The lowest BCUT2D eigenvalue weighted by molar-refractivity contribution is 0.0971. The fourth-order valence-corrected chi connectivity index (χ4v) is 4.68. The van der Waals surface area contributed by atoms with Crippen molar-refractivity contribution < 1.29 is 9.21 Å². The Hall–Kier alpha value is -3.25. The average Bonchev–Trinajstić information content (AvgIpc) is 3.37. The molecule has 0 saturated heterocycles. The largest absolute Gasteiger partial charge is 0.450 e. The van der Waals surface area contributed by atoms with Crippen LogP contribution in [0.15, 0.2) is 57.2 Å². The van der Waals surface area contributed by atoms with Crippen molar-refractivity contribution in [1.29, 1.82) is 0 Å².